The Bertz CT molecular complexity index is 2050. The SMILES string of the molecule is c1ccc(-n2c3ccccc3c3c4c(ccc32)C2(c3ccccc3Oc3ccccc32)c2ccccc2-4)cc1. The van der Waals surface area contributed by atoms with Crippen LogP contribution in [0.3, 0.4) is 0 Å². The van der Waals surface area contributed by atoms with Crippen molar-refractivity contribution in [3.63, 3.8) is 0 Å². The van der Waals surface area contributed by atoms with Crippen LogP contribution in [0.4, 0.5) is 0 Å². The molecule has 9 rings (SSSR count). The Labute approximate surface area is 226 Å². The molecule has 182 valence electrons. The number of para-hydroxylation sites is 4. The summed E-state index contributed by atoms with van der Waals surface area (Å²) < 4.78 is 8.92. The molecular formula is C37H23NO. The molecule has 1 aromatic heterocycles. The number of aromatic nitrogens is 1. The second-order valence-electron chi connectivity index (χ2n) is 10.5. The Balaban J connectivity index is 1.51. The smallest absolute Gasteiger partial charge is 0.132 e. The number of fused-ring (bicyclic) bond motifs is 13. The zero-order chi connectivity index (χ0) is 25.6. The molecule has 0 saturated carbocycles. The van der Waals surface area contributed by atoms with E-state index in [4.69, 9.17) is 4.74 Å². The van der Waals surface area contributed by atoms with Gasteiger partial charge in [0.05, 0.1) is 16.4 Å². The van der Waals surface area contributed by atoms with Gasteiger partial charge in [-0.2, -0.15) is 0 Å². The van der Waals surface area contributed by atoms with Crippen LogP contribution < -0.4 is 4.74 Å². The van der Waals surface area contributed by atoms with E-state index in [2.05, 4.69) is 144 Å². The van der Waals surface area contributed by atoms with Gasteiger partial charge >= 0.3 is 0 Å². The van der Waals surface area contributed by atoms with Crippen LogP contribution in [0.25, 0.3) is 38.6 Å². The van der Waals surface area contributed by atoms with Crippen LogP contribution in [0, 0.1) is 0 Å². The minimum Gasteiger partial charge on any atom is -0.457 e. The summed E-state index contributed by atoms with van der Waals surface area (Å²) in [7, 11) is 0. The fraction of sp³-hybridized carbons (Fsp3) is 0.0270. The lowest BCUT2D eigenvalue weighted by molar-refractivity contribution is 0.436. The van der Waals surface area contributed by atoms with Gasteiger partial charge in [-0.05, 0) is 58.7 Å². The molecule has 2 heterocycles. The highest BCUT2D eigenvalue weighted by Gasteiger charge is 2.51. The number of rotatable bonds is 1. The summed E-state index contributed by atoms with van der Waals surface area (Å²) in [6, 6.07) is 50.3. The standard InChI is InChI=1S/C37H23NO/c1-2-12-24(13-3-1)38-31-19-9-5-15-26(31)36-32(38)23-22-30-35(36)25-14-4-6-16-27(25)37(30)28-17-7-10-20-33(28)39-34-21-11-8-18-29(34)37/h1-23H. The molecule has 1 aliphatic heterocycles. The van der Waals surface area contributed by atoms with Crippen molar-refractivity contribution in [2.45, 2.75) is 5.41 Å². The van der Waals surface area contributed by atoms with Crippen molar-refractivity contribution in [1.82, 2.24) is 4.57 Å². The third-order valence-corrected chi connectivity index (χ3v) is 8.66. The third kappa shape index (κ3) is 2.51. The quantitative estimate of drug-likeness (QED) is 0.220. The molecule has 0 fully saturated rings. The molecule has 0 radical (unpaired) electrons. The molecule has 1 spiro atoms. The van der Waals surface area contributed by atoms with E-state index in [1.54, 1.807) is 0 Å². The highest BCUT2D eigenvalue weighted by molar-refractivity contribution is 6.18. The van der Waals surface area contributed by atoms with Gasteiger partial charge in [0.15, 0.2) is 0 Å². The summed E-state index contributed by atoms with van der Waals surface area (Å²) >= 11 is 0. The largest absolute Gasteiger partial charge is 0.457 e. The number of hydrogen-bond acceptors (Lipinski definition) is 1. The zero-order valence-corrected chi connectivity index (χ0v) is 21.1. The highest BCUT2D eigenvalue weighted by atomic mass is 16.5. The predicted octanol–water partition coefficient (Wildman–Crippen LogP) is 9.25. The van der Waals surface area contributed by atoms with E-state index in [-0.39, 0.29) is 0 Å². The van der Waals surface area contributed by atoms with Crippen molar-refractivity contribution < 1.29 is 4.74 Å². The number of nitrogens with zero attached hydrogens (tertiary/aromatic N) is 1. The van der Waals surface area contributed by atoms with Crippen molar-refractivity contribution in [1.29, 1.82) is 0 Å². The lowest BCUT2D eigenvalue weighted by atomic mass is 9.66. The summed E-state index contributed by atoms with van der Waals surface area (Å²) in [5.74, 6) is 1.84. The molecule has 1 aliphatic carbocycles. The van der Waals surface area contributed by atoms with Gasteiger partial charge in [0.2, 0.25) is 0 Å². The van der Waals surface area contributed by atoms with Crippen LogP contribution >= 0.6 is 0 Å². The third-order valence-electron chi connectivity index (χ3n) is 8.66. The zero-order valence-electron chi connectivity index (χ0n) is 21.1. The molecule has 0 N–H and O–H groups in total. The molecule has 0 saturated heterocycles. The van der Waals surface area contributed by atoms with Crippen molar-refractivity contribution in [3.05, 3.63) is 162 Å². The lowest BCUT2D eigenvalue weighted by Gasteiger charge is -2.39. The Morgan fingerprint density at radius 1 is 0.462 bits per heavy atom. The maximum atomic E-state index is 6.51. The Hall–Kier alpha value is -5.08. The summed E-state index contributed by atoms with van der Waals surface area (Å²) in [4.78, 5) is 0. The first-order valence-corrected chi connectivity index (χ1v) is 13.5. The Morgan fingerprint density at radius 2 is 1.08 bits per heavy atom. The monoisotopic (exact) mass is 497 g/mol. The highest BCUT2D eigenvalue weighted by Crippen LogP contribution is 2.63. The van der Waals surface area contributed by atoms with Gasteiger partial charge < -0.3 is 9.30 Å². The minimum absolute atomic E-state index is 0.457. The van der Waals surface area contributed by atoms with Crippen LogP contribution in [0.2, 0.25) is 0 Å². The second-order valence-corrected chi connectivity index (χ2v) is 10.5. The van der Waals surface area contributed by atoms with E-state index in [1.165, 1.54) is 60.9 Å². The van der Waals surface area contributed by atoms with Crippen molar-refractivity contribution in [2.75, 3.05) is 0 Å². The van der Waals surface area contributed by atoms with Crippen LogP contribution in [0.15, 0.2) is 140 Å². The van der Waals surface area contributed by atoms with Gasteiger partial charge in [-0.1, -0.05) is 103 Å². The summed E-state index contributed by atoms with van der Waals surface area (Å²) in [5.41, 5.74) is 10.8. The topological polar surface area (TPSA) is 14.2 Å². The van der Waals surface area contributed by atoms with E-state index in [1.807, 2.05) is 0 Å². The Kier molecular flexibility index (Phi) is 4.02. The van der Waals surface area contributed by atoms with E-state index in [9.17, 15) is 0 Å². The van der Waals surface area contributed by atoms with Gasteiger partial charge in [-0.25, -0.2) is 0 Å². The first-order chi connectivity index (χ1) is 19.4. The number of hydrogen-bond donors (Lipinski definition) is 0. The van der Waals surface area contributed by atoms with Crippen molar-refractivity contribution in [3.8, 4) is 28.3 Å². The van der Waals surface area contributed by atoms with Gasteiger partial charge in [0.25, 0.3) is 0 Å². The summed E-state index contributed by atoms with van der Waals surface area (Å²) in [6.07, 6.45) is 0. The van der Waals surface area contributed by atoms with Gasteiger partial charge in [-0.15, -0.1) is 0 Å². The summed E-state index contributed by atoms with van der Waals surface area (Å²) in [5, 5.41) is 2.58. The number of benzene rings is 6. The number of ether oxygens (including phenoxy) is 1. The Morgan fingerprint density at radius 3 is 1.85 bits per heavy atom. The molecular weight excluding hydrogens is 474 g/mol. The maximum Gasteiger partial charge on any atom is 0.132 e. The van der Waals surface area contributed by atoms with Gasteiger partial charge in [-0.3, -0.25) is 0 Å². The van der Waals surface area contributed by atoms with Crippen molar-refractivity contribution in [2.24, 2.45) is 0 Å². The second kappa shape index (κ2) is 7.49. The average molecular weight is 498 g/mol. The molecule has 7 aromatic rings. The normalized spacial score (nSPS) is 14.1. The van der Waals surface area contributed by atoms with Crippen molar-refractivity contribution >= 4 is 21.8 Å². The molecule has 0 unspecified atom stereocenters. The van der Waals surface area contributed by atoms with E-state index in [0.29, 0.717) is 0 Å². The fourth-order valence-corrected chi connectivity index (χ4v) is 7.26. The molecule has 2 heteroatoms. The molecule has 2 nitrogen and oxygen atoms in total. The first-order valence-electron chi connectivity index (χ1n) is 13.5. The van der Waals surface area contributed by atoms with Gasteiger partial charge in [0, 0.05) is 27.6 Å². The first kappa shape index (κ1) is 20.9. The van der Waals surface area contributed by atoms with Gasteiger partial charge in [0.1, 0.15) is 11.5 Å². The molecule has 2 aliphatic rings. The molecule has 0 amide bonds. The lowest BCUT2D eigenvalue weighted by Crippen LogP contribution is -2.32. The van der Waals surface area contributed by atoms with Crippen LogP contribution in [0.1, 0.15) is 22.3 Å². The summed E-state index contributed by atoms with van der Waals surface area (Å²) in [6.45, 7) is 0. The van der Waals surface area contributed by atoms with E-state index < -0.39 is 5.41 Å². The van der Waals surface area contributed by atoms with Crippen LogP contribution in [0.5, 0.6) is 11.5 Å². The molecule has 0 atom stereocenters. The average Bonchev–Trinajstić information content (AvgIpc) is 3.49. The van der Waals surface area contributed by atoms with E-state index >= 15 is 0 Å². The molecule has 0 bridgehead atoms. The molecule has 6 aromatic carbocycles. The van der Waals surface area contributed by atoms with Crippen LogP contribution in [-0.2, 0) is 5.41 Å². The fourth-order valence-electron chi connectivity index (χ4n) is 7.26. The minimum atomic E-state index is -0.457. The maximum absolute atomic E-state index is 6.51. The van der Waals surface area contributed by atoms with Crippen LogP contribution in [-0.4, -0.2) is 4.57 Å². The predicted molar refractivity (Wildman–Crippen MR) is 158 cm³/mol. The van der Waals surface area contributed by atoms with E-state index in [0.717, 1.165) is 11.5 Å². The molecule has 39 heavy (non-hydrogen) atoms.